The molecule has 0 bridgehead atoms. The van der Waals surface area contributed by atoms with E-state index in [-0.39, 0.29) is 12.5 Å². The molecule has 0 fully saturated rings. The van der Waals surface area contributed by atoms with Crippen LogP contribution in [-0.2, 0) is 9.53 Å². The molecule has 0 saturated heterocycles. The zero-order chi connectivity index (χ0) is 12.1. The van der Waals surface area contributed by atoms with E-state index in [1.54, 1.807) is 25.1 Å². The fraction of sp³-hybridized carbons (Fsp3) is 0.455. The molecule has 88 valence electrons. The highest BCUT2D eigenvalue weighted by molar-refractivity contribution is 5.77. The Balaban J connectivity index is 2.72. The molecular weight excluding hydrogens is 206 g/mol. The van der Waals surface area contributed by atoms with Crippen molar-refractivity contribution >= 4 is 17.5 Å². The van der Waals surface area contributed by atoms with Crippen molar-refractivity contribution in [2.75, 3.05) is 30.8 Å². The van der Waals surface area contributed by atoms with E-state index in [0.29, 0.717) is 18.1 Å². The number of nitrogen functional groups attached to an aromatic ring is 1. The number of nitrogens with zero attached hydrogens (tertiary/aromatic N) is 2. The van der Waals surface area contributed by atoms with Gasteiger partial charge in [-0.05, 0) is 25.5 Å². The summed E-state index contributed by atoms with van der Waals surface area (Å²) in [5, 5.41) is 0. The number of anilines is 2. The zero-order valence-electron chi connectivity index (χ0n) is 9.86. The van der Waals surface area contributed by atoms with Crippen molar-refractivity contribution in [2.45, 2.75) is 13.8 Å². The van der Waals surface area contributed by atoms with Gasteiger partial charge in [-0.1, -0.05) is 0 Å². The van der Waals surface area contributed by atoms with Crippen LogP contribution in [0.3, 0.4) is 0 Å². The van der Waals surface area contributed by atoms with E-state index in [1.807, 2.05) is 13.0 Å². The number of nitrogens with two attached hydrogens (primary N) is 1. The summed E-state index contributed by atoms with van der Waals surface area (Å²) in [6.45, 7) is 4.21. The van der Waals surface area contributed by atoms with E-state index in [1.165, 1.54) is 0 Å². The van der Waals surface area contributed by atoms with Crippen LogP contribution in [0.2, 0.25) is 0 Å². The maximum Gasteiger partial charge on any atom is 0.325 e. The lowest BCUT2D eigenvalue weighted by atomic mass is 10.3. The van der Waals surface area contributed by atoms with Gasteiger partial charge in [0, 0.05) is 13.2 Å². The third-order valence-corrected chi connectivity index (χ3v) is 2.07. The summed E-state index contributed by atoms with van der Waals surface area (Å²) in [5.41, 5.74) is 7.37. The molecule has 1 rings (SSSR count). The maximum absolute atomic E-state index is 11.3. The van der Waals surface area contributed by atoms with Gasteiger partial charge >= 0.3 is 5.97 Å². The van der Waals surface area contributed by atoms with E-state index >= 15 is 0 Å². The van der Waals surface area contributed by atoms with Gasteiger partial charge in [0.05, 0.1) is 12.3 Å². The van der Waals surface area contributed by atoms with Crippen molar-refractivity contribution in [3.8, 4) is 0 Å². The smallest absolute Gasteiger partial charge is 0.325 e. The molecule has 16 heavy (non-hydrogen) atoms. The molecule has 0 unspecified atom stereocenters. The monoisotopic (exact) mass is 223 g/mol. The van der Waals surface area contributed by atoms with Gasteiger partial charge in [-0.3, -0.25) is 4.79 Å². The Labute approximate surface area is 95.2 Å². The lowest BCUT2D eigenvalue weighted by Gasteiger charge is -2.18. The summed E-state index contributed by atoms with van der Waals surface area (Å²) in [6.07, 6.45) is 1.72. The van der Waals surface area contributed by atoms with Crippen molar-refractivity contribution in [1.29, 1.82) is 0 Å². The number of likely N-dealkylation sites (N-methyl/N-ethyl adjacent to an activating group) is 1. The summed E-state index contributed by atoms with van der Waals surface area (Å²) < 4.78 is 4.85. The first-order valence-corrected chi connectivity index (χ1v) is 5.13. The van der Waals surface area contributed by atoms with E-state index < -0.39 is 0 Å². The fourth-order valence-electron chi connectivity index (χ4n) is 1.38. The normalized spacial score (nSPS) is 9.94. The minimum atomic E-state index is -0.285. The number of ether oxygens (including phenoxy) is 1. The Kier molecular flexibility index (Phi) is 4.10. The standard InChI is InChI=1S/C11H17N3O2/c1-4-16-10(15)7-14(3)11-9(12)5-8(2)6-13-11/h5-6H,4,7,12H2,1-3H3. The molecule has 0 radical (unpaired) electrons. The number of carbonyl (C=O) groups is 1. The third kappa shape index (κ3) is 3.12. The van der Waals surface area contributed by atoms with E-state index in [9.17, 15) is 4.79 Å². The summed E-state index contributed by atoms with van der Waals surface area (Å²) >= 11 is 0. The predicted molar refractivity (Wildman–Crippen MR) is 63.3 cm³/mol. The Morgan fingerprint density at radius 3 is 2.88 bits per heavy atom. The van der Waals surface area contributed by atoms with Gasteiger partial charge in [0.25, 0.3) is 0 Å². The molecule has 0 aliphatic heterocycles. The SMILES string of the molecule is CCOC(=O)CN(C)c1ncc(C)cc1N. The van der Waals surface area contributed by atoms with Crippen molar-refractivity contribution in [1.82, 2.24) is 4.98 Å². The molecule has 0 atom stereocenters. The molecule has 5 heteroatoms. The molecule has 0 aliphatic carbocycles. The van der Waals surface area contributed by atoms with Gasteiger partial charge in [-0.2, -0.15) is 0 Å². The molecule has 0 spiro atoms. The van der Waals surface area contributed by atoms with Gasteiger partial charge in [-0.25, -0.2) is 4.98 Å². The van der Waals surface area contributed by atoms with Crippen LogP contribution in [0.4, 0.5) is 11.5 Å². The topological polar surface area (TPSA) is 68.5 Å². The van der Waals surface area contributed by atoms with Gasteiger partial charge in [0.1, 0.15) is 6.54 Å². The van der Waals surface area contributed by atoms with Crippen LogP contribution in [0.15, 0.2) is 12.3 Å². The van der Waals surface area contributed by atoms with Crippen molar-refractivity contribution in [3.05, 3.63) is 17.8 Å². The number of aromatic nitrogens is 1. The van der Waals surface area contributed by atoms with E-state index in [2.05, 4.69) is 4.98 Å². The number of esters is 1. The second kappa shape index (κ2) is 5.34. The Hall–Kier alpha value is -1.78. The second-order valence-corrected chi connectivity index (χ2v) is 3.59. The quantitative estimate of drug-likeness (QED) is 0.770. The number of hydrogen-bond acceptors (Lipinski definition) is 5. The summed E-state index contributed by atoms with van der Waals surface area (Å²) in [7, 11) is 1.75. The minimum Gasteiger partial charge on any atom is -0.465 e. The van der Waals surface area contributed by atoms with Crippen LogP contribution in [-0.4, -0.2) is 31.2 Å². The molecule has 1 aromatic heterocycles. The van der Waals surface area contributed by atoms with E-state index in [0.717, 1.165) is 5.56 Å². The Morgan fingerprint density at radius 2 is 2.31 bits per heavy atom. The lowest BCUT2D eigenvalue weighted by molar-refractivity contribution is -0.141. The van der Waals surface area contributed by atoms with Gasteiger partial charge < -0.3 is 15.4 Å². The molecule has 0 aliphatic rings. The minimum absolute atomic E-state index is 0.147. The number of hydrogen-bond donors (Lipinski definition) is 1. The Morgan fingerprint density at radius 1 is 1.62 bits per heavy atom. The maximum atomic E-state index is 11.3. The van der Waals surface area contributed by atoms with Gasteiger partial charge in [0.15, 0.2) is 5.82 Å². The van der Waals surface area contributed by atoms with Gasteiger partial charge in [0.2, 0.25) is 0 Å². The molecule has 2 N–H and O–H groups in total. The van der Waals surface area contributed by atoms with Crippen LogP contribution in [0.1, 0.15) is 12.5 Å². The highest BCUT2D eigenvalue weighted by Crippen LogP contribution is 2.19. The van der Waals surface area contributed by atoms with Crippen molar-refractivity contribution in [3.63, 3.8) is 0 Å². The molecular formula is C11H17N3O2. The van der Waals surface area contributed by atoms with Gasteiger partial charge in [-0.15, -0.1) is 0 Å². The summed E-state index contributed by atoms with van der Waals surface area (Å²) in [5.74, 6) is 0.311. The first-order chi connectivity index (χ1) is 7.54. The van der Waals surface area contributed by atoms with Crippen molar-refractivity contribution < 1.29 is 9.53 Å². The van der Waals surface area contributed by atoms with Crippen LogP contribution in [0, 0.1) is 6.92 Å². The average molecular weight is 223 g/mol. The molecule has 1 aromatic rings. The number of carbonyl (C=O) groups excluding carboxylic acids is 1. The highest BCUT2D eigenvalue weighted by atomic mass is 16.5. The number of pyridine rings is 1. The molecule has 0 saturated carbocycles. The van der Waals surface area contributed by atoms with Crippen LogP contribution in [0.25, 0.3) is 0 Å². The Bertz CT molecular complexity index is 379. The fourth-order valence-corrected chi connectivity index (χ4v) is 1.38. The summed E-state index contributed by atoms with van der Waals surface area (Å²) in [6, 6.07) is 1.82. The number of rotatable bonds is 4. The largest absolute Gasteiger partial charge is 0.465 e. The second-order valence-electron chi connectivity index (χ2n) is 3.59. The number of aryl methyl sites for hydroxylation is 1. The lowest BCUT2D eigenvalue weighted by Crippen LogP contribution is -2.28. The first-order valence-electron chi connectivity index (χ1n) is 5.13. The van der Waals surface area contributed by atoms with Crippen LogP contribution in [0.5, 0.6) is 0 Å². The predicted octanol–water partition coefficient (Wildman–Crippen LogP) is 0.972. The molecule has 0 aromatic carbocycles. The van der Waals surface area contributed by atoms with Crippen LogP contribution >= 0.6 is 0 Å². The first kappa shape index (κ1) is 12.3. The molecule has 5 nitrogen and oxygen atoms in total. The summed E-state index contributed by atoms with van der Waals surface area (Å²) in [4.78, 5) is 17.1. The molecule has 0 amide bonds. The highest BCUT2D eigenvalue weighted by Gasteiger charge is 2.11. The van der Waals surface area contributed by atoms with Crippen LogP contribution < -0.4 is 10.6 Å². The third-order valence-electron chi connectivity index (χ3n) is 2.07. The molecule has 1 heterocycles. The average Bonchev–Trinajstić information content (AvgIpc) is 2.17. The van der Waals surface area contributed by atoms with E-state index in [4.69, 9.17) is 10.5 Å². The zero-order valence-corrected chi connectivity index (χ0v) is 9.86. The van der Waals surface area contributed by atoms with Crippen molar-refractivity contribution in [2.24, 2.45) is 0 Å².